The van der Waals surface area contributed by atoms with Gasteiger partial charge in [-0.2, -0.15) is 10.5 Å². The molecule has 1 saturated heterocycles. The predicted octanol–water partition coefficient (Wildman–Crippen LogP) is 2.45. The summed E-state index contributed by atoms with van der Waals surface area (Å²) in [6, 6.07) is 8.25. The van der Waals surface area contributed by atoms with E-state index in [0.717, 1.165) is 0 Å². The van der Waals surface area contributed by atoms with Crippen LogP contribution >= 0.6 is 23.2 Å². The van der Waals surface area contributed by atoms with Crippen LogP contribution in [-0.4, -0.2) is 28.3 Å². The van der Waals surface area contributed by atoms with Gasteiger partial charge in [-0.1, -0.05) is 23.2 Å². The van der Waals surface area contributed by atoms with Crippen LogP contribution in [0.3, 0.4) is 0 Å². The number of aromatic nitrogens is 2. The molecular weight excluding hydrogens is 379 g/mol. The number of nitrogens with zero attached hydrogens (tertiary/aromatic N) is 4. The fraction of sp³-hybridized carbons (Fsp3) is 0.188. The van der Waals surface area contributed by atoms with Gasteiger partial charge in [-0.05, 0) is 24.6 Å². The minimum atomic E-state index is -0.939. The highest BCUT2D eigenvalue weighted by Gasteiger charge is 2.38. The van der Waals surface area contributed by atoms with Crippen molar-refractivity contribution in [2.45, 2.75) is 6.42 Å². The Bertz CT molecular complexity index is 956. The maximum atomic E-state index is 12.6. The largest absolute Gasteiger partial charge is 0.314 e. The standard InChI is InChI=1S/C16H10Cl2N6O2/c17-8-1-2-10(18)13(5-8)24-4-3-9(15(24)26)14(25)23-16-21-11(6-19)12(7-20)22-16/h1-2,5,9H,3-4H2,(H2,21,22,23,25). The summed E-state index contributed by atoms with van der Waals surface area (Å²) >= 11 is 12.1. The average Bonchev–Trinajstić information content (AvgIpc) is 3.20. The zero-order valence-electron chi connectivity index (χ0n) is 13.1. The van der Waals surface area contributed by atoms with Gasteiger partial charge in [-0.3, -0.25) is 14.9 Å². The van der Waals surface area contributed by atoms with Gasteiger partial charge in [0.1, 0.15) is 18.1 Å². The Labute approximate surface area is 157 Å². The van der Waals surface area contributed by atoms with E-state index in [1.165, 1.54) is 4.90 Å². The van der Waals surface area contributed by atoms with Crippen LogP contribution in [0.25, 0.3) is 0 Å². The second-order valence-electron chi connectivity index (χ2n) is 5.45. The zero-order valence-corrected chi connectivity index (χ0v) is 14.6. The molecule has 1 unspecified atom stereocenters. The summed E-state index contributed by atoms with van der Waals surface area (Å²) in [4.78, 5) is 32.8. The van der Waals surface area contributed by atoms with Crippen molar-refractivity contribution in [3.63, 3.8) is 0 Å². The first-order chi connectivity index (χ1) is 12.4. The summed E-state index contributed by atoms with van der Waals surface area (Å²) in [5.74, 6) is -2.00. The van der Waals surface area contributed by atoms with Crippen LogP contribution < -0.4 is 10.2 Å². The molecule has 3 rings (SSSR count). The first-order valence-corrected chi connectivity index (χ1v) is 8.17. The number of nitriles is 2. The van der Waals surface area contributed by atoms with Gasteiger partial charge in [0.05, 0.1) is 10.7 Å². The Morgan fingerprint density at radius 3 is 2.77 bits per heavy atom. The molecule has 8 nitrogen and oxygen atoms in total. The highest BCUT2D eigenvalue weighted by molar-refractivity contribution is 6.36. The number of nitrogens with one attached hydrogen (secondary N) is 2. The van der Waals surface area contributed by atoms with Gasteiger partial charge in [-0.15, -0.1) is 0 Å². The molecule has 1 aliphatic rings. The van der Waals surface area contributed by atoms with Crippen molar-refractivity contribution in [1.29, 1.82) is 10.5 Å². The monoisotopic (exact) mass is 388 g/mol. The van der Waals surface area contributed by atoms with E-state index in [2.05, 4.69) is 15.3 Å². The lowest BCUT2D eigenvalue weighted by molar-refractivity contribution is -0.129. The summed E-state index contributed by atoms with van der Waals surface area (Å²) in [6.45, 7) is 0.308. The molecule has 1 aromatic carbocycles. The third-order valence-electron chi connectivity index (χ3n) is 3.88. The second kappa shape index (κ2) is 7.04. The maximum absolute atomic E-state index is 12.6. The Morgan fingerprint density at radius 2 is 2.12 bits per heavy atom. The minimum Gasteiger partial charge on any atom is -0.314 e. The van der Waals surface area contributed by atoms with Crippen molar-refractivity contribution in [2.24, 2.45) is 5.92 Å². The molecule has 0 bridgehead atoms. The van der Waals surface area contributed by atoms with Gasteiger partial charge < -0.3 is 9.88 Å². The highest BCUT2D eigenvalue weighted by Crippen LogP contribution is 2.33. The van der Waals surface area contributed by atoms with Crippen LogP contribution in [0.15, 0.2) is 18.2 Å². The van der Waals surface area contributed by atoms with Crippen molar-refractivity contribution in [2.75, 3.05) is 16.8 Å². The summed E-state index contributed by atoms with van der Waals surface area (Å²) in [6.07, 6.45) is 0.282. The first-order valence-electron chi connectivity index (χ1n) is 7.42. The molecule has 1 aliphatic heterocycles. The van der Waals surface area contributed by atoms with Crippen molar-refractivity contribution in [3.05, 3.63) is 39.6 Å². The van der Waals surface area contributed by atoms with Crippen LogP contribution in [0.1, 0.15) is 17.8 Å². The molecule has 0 radical (unpaired) electrons. The maximum Gasteiger partial charge on any atom is 0.239 e. The van der Waals surface area contributed by atoms with E-state index >= 15 is 0 Å². The summed E-state index contributed by atoms with van der Waals surface area (Å²) in [5, 5.41) is 21.0. The lowest BCUT2D eigenvalue weighted by Gasteiger charge is -2.18. The molecule has 2 heterocycles. The number of H-pyrrole nitrogens is 1. The molecule has 1 fully saturated rings. The van der Waals surface area contributed by atoms with Crippen molar-refractivity contribution >= 4 is 46.7 Å². The van der Waals surface area contributed by atoms with Gasteiger partial charge in [0.25, 0.3) is 0 Å². The lowest BCUT2D eigenvalue weighted by Crippen LogP contribution is -2.33. The molecule has 1 aromatic heterocycles. The molecule has 2 N–H and O–H groups in total. The van der Waals surface area contributed by atoms with E-state index in [1.807, 2.05) is 0 Å². The number of anilines is 2. The van der Waals surface area contributed by atoms with E-state index in [4.69, 9.17) is 33.7 Å². The zero-order chi connectivity index (χ0) is 18.8. The number of aromatic amines is 1. The van der Waals surface area contributed by atoms with Crippen LogP contribution in [0, 0.1) is 28.6 Å². The minimum absolute atomic E-state index is 0.0601. The highest BCUT2D eigenvalue weighted by atomic mass is 35.5. The third kappa shape index (κ3) is 3.21. The molecule has 2 aromatic rings. The number of hydrogen-bond acceptors (Lipinski definition) is 5. The van der Waals surface area contributed by atoms with E-state index in [0.29, 0.717) is 22.3 Å². The molecule has 2 amide bonds. The van der Waals surface area contributed by atoms with E-state index in [-0.39, 0.29) is 23.8 Å². The average molecular weight is 389 g/mol. The number of benzene rings is 1. The number of carbonyl (C=O) groups is 2. The molecule has 0 saturated carbocycles. The number of halogens is 2. The Kier molecular flexibility index (Phi) is 4.81. The van der Waals surface area contributed by atoms with Gasteiger partial charge in [0.2, 0.25) is 17.8 Å². The summed E-state index contributed by atoms with van der Waals surface area (Å²) in [5.41, 5.74) is 0.247. The molecule has 0 spiro atoms. The fourth-order valence-electron chi connectivity index (χ4n) is 2.65. The number of hydrogen-bond donors (Lipinski definition) is 2. The molecule has 26 heavy (non-hydrogen) atoms. The van der Waals surface area contributed by atoms with Crippen molar-refractivity contribution in [1.82, 2.24) is 9.97 Å². The van der Waals surface area contributed by atoms with Crippen molar-refractivity contribution < 1.29 is 9.59 Å². The number of imidazole rings is 1. The van der Waals surface area contributed by atoms with E-state index in [9.17, 15) is 9.59 Å². The van der Waals surface area contributed by atoms with Crippen LogP contribution in [0.2, 0.25) is 10.0 Å². The quantitative estimate of drug-likeness (QED) is 0.780. The number of amides is 2. The molecule has 1 atom stereocenters. The molecular formula is C16H10Cl2N6O2. The smallest absolute Gasteiger partial charge is 0.239 e. The SMILES string of the molecule is N#Cc1nc(NC(=O)C2CCN(c3cc(Cl)ccc3Cl)C2=O)[nH]c1C#N. The van der Waals surface area contributed by atoms with E-state index in [1.54, 1.807) is 30.3 Å². The third-order valence-corrected chi connectivity index (χ3v) is 4.44. The molecule has 130 valence electrons. The van der Waals surface area contributed by atoms with Gasteiger partial charge in [0.15, 0.2) is 11.4 Å². The van der Waals surface area contributed by atoms with Gasteiger partial charge in [0, 0.05) is 11.6 Å². The topological polar surface area (TPSA) is 126 Å². The van der Waals surface area contributed by atoms with Gasteiger partial charge in [-0.25, -0.2) is 4.98 Å². The second-order valence-corrected chi connectivity index (χ2v) is 6.29. The fourth-order valence-corrected chi connectivity index (χ4v) is 3.04. The van der Waals surface area contributed by atoms with Crippen LogP contribution in [0.5, 0.6) is 0 Å². The number of carbonyl (C=O) groups excluding carboxylic acids is 2. The summed E-state index contributed by atoms with van der Waals surface area (Å²) in [7, 11) is 0. The first kappa shape index (κ1) is 17.7. The predicted molar refractivity (Wildman–Crippen MR) is 93.6 cm³/mol. The number of rotatable bonds is 3. The van der Waals surface area contributed by atoms with Gasteiger partial charge >= 0.3 is 0 Å². The molecule has 0 aliphatic carbocycles. The Morgan fingerprint density at radius 1 is 1.35 bits per heavy atom. The Balaban J connectivity index is 1.77. The normalized spacial score (nSPS) is 16.2. The molecule has 10 heteroatoms. The Hall–Kier alpha value is -3.07. The van der Waals surface area contributed by atoms with E-state index < -0.39 is 17.7 Å². The van der Waals surface area contributed by atoms with Crippen molar-refractivity contribution in [3.8, 4) is 12.1 Å². The lowest BCUT2D eigenvalue weighted by atomic mass is 10.1. The van der Waals surface area contributed by atoms with Crippen LogP contribution in [0.4, 0.5) is 11.6 Å². The van der Waals surface area contributed by atoms with Crippen LogP contribution in [-0.2, 0) is 9.59 Å². The summed E-state index contributed by atoms with van der Waals surface area (Å²) < 4.78 is 0.